The third-order valence-corrected chi connectivity index (χ3v) is 2.76. The number of carbonyl (C=O) groups is 1. The van der Waals surface area contributed by atoms with Gasteiger partial charge in [0.05, 0.1) is 0 Å². The fourth-order valence-electron chi connectivity index (χ4n) is 1.56. The predicted molar refractivity (Wildman–Crippen MR) is 65.2 cm³/mol. The molecule has 0 bridgehead atoms. The number of aromatic amines is 1. The smallest absolute Gasteiger partial charge is 0.220 e. The Morgan fingerprint density at radius 2 is 2.47 bits per heavy atom. The molecule has 6 heteroatoms. The highest BCUT2D eigenvalue weighted by atomic mass is 16.1. The molecular weight excluding hydrogens is 218 g/mol. The van der Waals surface area contributed by atoms with Gasteiger partial charge in [-0.25, -0.2) is 4.98 Å². The molecule has 0 saturated carbocycles. The molecule has 1 aromatic rings. The van der Waals surface area contributed by atoms with E-state index in [0.717, 1.165) is 25.1 Å². The summed E-state index contributed by atoms with van der Waals surface area (Å²) in [5, 5.41) is 9.43. The van der Waals surface area contributed by atoms with Crippen LogP contribution in [0.5, 0.6) is 0 Å². The van der Waals surface area contributed by atoms with Gasteiger partial charge in [-0.3, -0.25) is 9.89 Å². The lowest BCUT2D eigenvalue weighted by Crippen LogP contribution is -2.29. The van der Waals surface area contributed by atoms with E-state index in [-0.39, 0.29) is 5.91 Å². The van der Waals surface area contributed by atoms with Crippen molar-refractivity contribution in [3.63, 3.8) is 0 Å². The molecule has 0 saturated heterocycles. The lowest BCUT2D eigenvalue weighted by atomic mass is 10.0. The number of aryl methyl sites for hydroxylation is 1. The molecule has 0 fully saturated rings. The van der Waals surface area contributed by atoms with Gasteiger partial charge in [-0.05, 0) is 18.9 Å². The number of nitrogens with one attached hydrogen (secondary N) is 2. The van der Waals surface area contributed by atoms with Crippen LogP contribution >= 0.6 is 0 Å². The Morgan fingerprint density at radius 1 is 1.65 bits per heavy atom. The number of amides is 1. The number of rotatable bonds is 8. The number of carbonyl (C=O) groups excluding carboxylic acids is 1. The Bertz CT molecular complexity index is 308. The summed E-state index contributed by atoms with van der Waals surface area (Å²) in [6.45, 7) is 3.29. The number of nitrogens with zero attached hydrogens (tertiary/aromatic N) is 2. The van der Waals surface area contributed by atoms with Gasteiger partial charge in [0.25, 0.3) is 0 Å². The van der Waals surface area contributed by atoms with Crippen LogP contribution in [0.1, 0.15) is 32.0 Å². The molecule has 0 aliphatic rings. The van der Waals surface area contributed by atoms with Crippen LogP contribution in [0.2, 0.25) is 0 Å². The maximum absolute atomic E-state index is 11.5. The average Bonchev–Trinajstić information content (AvgIpc) is 2.84. The number of nitrogens with two attached hydrogens (primary N) is 1. The fraction of sp³-hybridized carbons (Fsp3) is 0.727. The molecular formula is C11H21N5O. The molecule has 0 aliphatic heterocycles. The van der Waals surface area contributed by atoms with E-state index in [2.05, 4.69) is 27.4 Å². The molecule has 0 spiro atoms. The van der Waals surface area contributed by atoms with Crippen molar-refractivity contribution in [1.29, 1.82) is 0 Å². The van der Waals surface area contributed by atoms with Crippen molar-refractivity contribution in [2.75, 3.05) is 13.1 Å². The summed E-state index contributed by atoms with van der Waals surface area (Å²) in [4.78, 5) is 15.5. The molecule has 1 aromatic heterocycles. The largest absolute Gasteiger partial charge is 0.356 e. The van der Waals surface area contributed by atoms with Gasteiger partial charge in [0.2, 0.25) is 5.91 Å². The van der Waals surface area contributed by atoms with Crippen molar-refractivity contribution in [2.45, 2.75) is 32.6 Å². The van der Waals surface area contributed by atoms with E-state index < -0.39 is 0 Å². The predicted octanol–water partition coefficient (Wildman–Crippen LogP) is 0.229. The molecule has 4 N–H and O–H groups in total. The molecule has 0 radical (unpaired) electrons. The third kappa shape index (κ3) is 5.44. The summed E-state index contributed by atoms with van der Waals surface area (Å²) in [6, 6.07) is 0. The Balaban J connectivity index is 2.07. The number of hydrogen-bond acceptors (Lipinski definition) is 4. The lowest BCUT2D eigenvalue weighted by molar-refractivity contribution is -0.121. The van der Waals surface area contributed by atoms with E-state index in [1.807, 2.05) is 0 Å². The van der Waals surface area contributed by atoms with Crippen LogP contribution in [0.4, 0.5) is 0 Å². The van der Waals surface area contributed by atoms with E-state index >= 15 is 0 Å². The zero-order valence-corrected chi connectivity index (χ0v) is 10.3. The van der Waals surface area contributed by atoms with Crippen LogP contribution in [0.25, 0.3) is 0 Å². The van der Waals surface area contributed by atoms with Crippen LogP contribution in [0, 0.1) is 5.92 Å². The van der Waals surface area contributed by atoms with Crippen molar-refractivity contribution >= 4 is 5.91 Å². The van der Waals surface area contributed by atoms with Crippen molar-refractivity contribution in [2.24, 2.45) is 11.7 Å². The van der Waals surface area contributed by atoms with Crippen LogP contribution in [-0.4, -0.2) is 34.2 Å². The molecule has 1 amide bonds. The van der Waals surface area contributed by atoms with Gasteiger partial charge in [-0.1, -0.05) is 13.3 Å². The maximum atomic E-state index is 11.5. The van der Waals surface area contributed by atoms with Gasteiger partial charge < -0.3 is 11.1 Å². The van der Waals surface area contributed by atoms with Gasteiger partial charge in [0.15, 0.2) is 0 Å². The molecule has 17 heavy (non-hydrogen) atoms. The quantitative estimate of drug-likeness (QED) is 0.566. The highest BCUT2D eigenvalue weighted by Gasteiger charge is 2.09. The fourth-order valence-corrected chi connectivity index (χ4v) is 1.56. The SMILES string of the molecule is CCC(CN)CC(=O)NCCCc1ncn[nH]1. The Hall–Kier alpha value is -1.43. The minimum atomic E-state index is 0.0832. The molecule has 1 unspecified atom stereocenters. The average molecular weight is 239 g/mol. The minimum absolute atomic E-state index is 0.0832. The minimum Gasteiger partial charge on any atom is -0.356 e. The number of hydrogen-bond donors (Lipinski definition) is 3. The van der Waals surface area contributed by atoms with Crippen molar-refractivity contribution in [3.8, 4) is 0 Å². The molecule has 1 rings (SSSR count). The Morgan fingerprint density at radius 3 is 3.06 bits per heavy atom. The number of H-pyrrole nitrogens is 1. The molecule has 6 nitrogen and oxygen atoms in total. The van der Waals surface area contributed by atoms with E-state index in [4.69, 9.17) is 5.73 Å². The van der Waals surface area contributed by atoms with Crippen LogP contribution in [0.15, 0.2) is 6.33 Å². The first-order valence-electron chi connectivity index (χ1n) is 6.07. The second kappa shape index (κ2) is 7.78. The highest BCUT2D eigenvalue weighted by molar-refractivity contribution is 5.76. The lowest BCUT2D eigenvalue weighted by Gasteiger charge is -2.11. The monoisotopic (exact) mass is 239 g/mol. The van der Waals surface area contributed by atoms with E-state index in [1.165, 1.54) is 6.33 Å². The second-order valence-corrected chi connectivity index (χ2v) is 4.10. The van der Waals surface area contributed by atoms with Crippen molar-refractivity contribution in [1.82, 2.24) is 20.5 Å². The summed E-state index contributed by atoms with van der Waals surface area (Å²) in [5.74, 6) is 1.23. The Labute approximate surface area is 101 Å². The van der Waals surface area contributed by atoms with Gasteiger partial charge in [-0.15, -0.1) is 0 Å². The van der Waals surface area contributed by atoms with E-state index in [1.54, 1.807) is 0 Å². The highest BCUT2D eigenvalue weighted by Crippen LogP contribution is 2.05. The summed E-state index contributed by atoms with van der Waals surface area (Å²) in [5.41, 5.74) is 5.55. The zero-order chi connectivity index (χ0) is 12.5. The third-order valence-electron chi connectivity index (χ3n) is 2.76. The van der Waals surface area contributed by atoms with Gasteiger partial charge >= 0.3 is 0 Å². The number of aromatic nitrogens is 3. The normalized spacial score (nSPS) is 12.4. The Kier molecular flexibility index (Phi) is 6.24. The van der Waals surface area contributed by atoms with Gasteiger partial charge in [-0.2, -0.15) is 5.10 Å². The molecule has 0 aliphatic carbocycles. The molecule has 1 heterocycles. The van der Waals surface area contributed by atoms with Crippen LogP contribution in [0.3, 0.4) is 0 Å². The standard InChI is InChI=1S/C11H21N5O/c1-2-9(7-12)6-11(17)13-5-3-4-10-14-8-15-16-10/h8-9H,2-7,12H2,1H3,(H,13,17)(H,14,15,16). The van der Waals surface area contributed by atoms with Crippen molar-refractivity contribution < 1.29 is 4.79 Å². The van der Waals surface area contributed by atoms with Gasteiger partial charge in [0, 0.05) is 19.4 Å². The molecule has 96 valence electrons. The summed E-state index contributed by atoms with van der Waals surface area (Å²) >= 11 is 0. The first kappa shape index (κ1) is 13.6. The van der Waals surface area contributed by atoms with Crippen molar-refractivity contribution in [3.05, 3.63) is 12.2 Å². The summed E-state index contributed by atoms with van der Waals surface area (Å²) in [6.07, 6.45) is 4.62. The first-order valence-corrected chi connectivity index (χ1v) is 6.07. The zero-order valence-electron chi connectivity index (χ0n) is 10.3. The molecule has 1 atom stereocenters. The maximum Gasteiger partial charge on any atom is 0.220 e. The van der Waals surface area contributed by atoms with Crippen LogP contribution in [-0.2, 0) is 11.2 Å². The van der Waals surface area contributed by atoms with E-state index in [9.17, 15) is 4.79 Å². The summed E-state index contributed by atoms with van der Waals surface area (Å²) in [7, 11) is 0. The van der Waals surface area contributed by atoms with Gasteiger partial charge in [0.1, 0.15) is 12.2 Å². The van der Waals surface area contributed by atoms with Crippen LogP contribution < -0.4 is 11.1 Å². The first-order chi connectivity index (χ1) is 8.26. The second-order valence-electron chi connectivity index (χ2n) is 4.10. The van der Waals surface area contributed by atoms with E-state index in [0.29, 0.717) is 25.4 Å². The summed E-state index contributed by atoms with van der Waals surface area (Å²) < 4.78 is 0. The molecule has 0 aromatic carbocycles. The topological polar surface area (TPSA) is 96.7 Å².